The van der Waals surface area contributed by atoms with Crippen LogP contribution in [-0.2, 0) is 29.3 Å². The van der Waals surface area contributed by atoms with E-state index in [0.29, 0.717) is 0 Å². The summed E-state index contributed by atoms with van der Waals surface area (Å²) < 4.78 is 55.3. The molecule has 10 heteroatoms. The predicted octanol–water partition coefficient (Wildman–Crippen LogP) is -0.459. The minimum absolute atomic E-state index is 0.0524. The normalized spacial score (nSPS) is 12.1. The van der Waals surface area contributed by atoms with Crippen LogP contribution in [0.3, 0.4) is 0 Å². The second-order valence-electron chi connectivity index (χ2n) is 4.14. The molecule has 0 atom stereocenters. The number of sulfonamides is 1. The number of primary sulfonamides is 1. The maximum atomic E-state index is 11.8. The van der Waals surface area contributed by atoms with Gasteiger partial charge in [0, 0.05) is 13.4 Å². The highest BCUT2D eigenvalue weighted by atomic mass is 32.2. The number of carbonyl (C=O) groups excluding carboxylic acids is 1. The summed E-state index contributed by atoms with van der Waals surface area (Å²) in [5, 5.41) is 4.96. The smallest absolute Gasteiger partial charge is 0.338 e. The number of hydrogen-bond acceptors (Lipinski definition) is 7. The molecule has 0 spiro atoms. The molecule has 2 N–H and O–H groups in total. The minimum Gasteiger partial charge on any atom is -0.460 e. The van der Waals surface area contributed by atoms with Gasteiger partial charge in [-0.1, -0.05) is 0 Å². The van der Waals surface area contributed by atoms with Crippen LogP contribution in [0.1, 0.15) is 10.4 Å². The van der Waals surface area contributed by atoms with Crippen LogP contribution in [0.25, 0.3) is 0 Å². The van der Waals surface area contributed by atoms with Gasteiger partial charge in [-0.05, 0) is 18.2 Å². The topological polar surface area (TPSA) is 130 Å². The van der Waals surface area contributed by atoms with Gasteiger partial charge in [0.05, 0.1) is 22.0 Å². The van der Waals surface area contributed by atoms with Crippen LogP contribution >= 0.6 is 0 Å². The molecule has 0 aliphatic heterocycles. The average molecular weight is 337 g/mol. The fraction of sp³-hybridized carbons (Fsp3) is 0.364. The van der Waals surface area contributed by atoms with Crippen molar-refractivity contribution < 1.29 is 31.1 Å². The molecule has 0 aliphatic rings. The number of methoxy groups -OCH3 is 1. The summed E-state index contributed by atoms with van der Waals surface area (Å²) >= 11 is 0. The summed E-state index contributed by atoms with van der Waals surface area (Å²) in [7, 11) is -6.47. The molecular formula is C11H15NO7S2. The first kappa shape index (κ1) is 17.6. The van der Waals surface area contributed by atoms with Crippen LogP contribution in [-0.4, -0.2) is 49.4 Å². The van der Waals surface area contributed by atoms with E-state index in [0.717, 1.165) is 24.5 Å². The van der Waals surface area contributed by atoms with E-state index in [1.807, 2.05) is 0 Å². The maximum Gasteiger partial charge on any atom is 0.338 e. The molecule has 0 heterocycles. The second-order valence-corrected chi connectivity index (χ2v) is 7.72. The van der Waals surface area contributed by atoms with E-state index in [-0.39, 0.29) is 23.7 Å². The van der Waals surface area contributed by atoms with Crippen LogP contribution in [0.4, 0.5) is 0 Å². The minimum atomic E-state index is -4.16. The summed E-state index contributed by atoms with van der Waals surface area (Å²) in [5.74, 6) is -0.873. The number of benzene rings is 1. The van der Waals surface area contributed by atoms with Gasteiger partial charge in [0.2, 0.25) is 10.0 Å². The lowest BCUT2D eigenvalue weighted by atomic mass is 10.2. The third-order valence-electron chi connectivity index (χ3n) is 2.39. The zero-order valence-corrected chi connectivity index (χ0v) is 13.0. The van der Waals surface area contributed by atoms with Gasteiger partial charge in [-0.2, -0.15) is 0 Å². The lowest BCUT2D eigenvalue weighted by Crippen LogP contribution is -2.16. The summed E-state index contributed by atoms with van der Waals surface area (Å²) in [6.07, 6.45) is 0.884. The van der Waals surface area contributed by atoms with E-state index in [2.05, 4.69) is 0 Å². The molecule has 1 aromatic rings. The van der Waals surface area contributed by atoms with Crippen LogP contribution in [0, 0.1) is 0 Å². The number of sulfone groups is 1. The first-order valence-electron chi connectivity index (χ1n) is 5.59. The van der Waals surface area contributed by atoms with Gasteiger partial charge in [-0.25, -0.2) is 26.8 Å². The quantitative estimate of drug-likeness (QED) is 0.549. The van der Waals surface area contributed by atoms with Crippen LogP contribution in [0.15, 0.2) is 28.0 Å². The van der Waals surface area contributed by atoms with Crippen molar-refractivity contribution >= 4 is 25.8 Å². The summed E-state index contributed by atoms with van der Waals surface area (Å²) in [6.45, 7) is 0.0999. The van der Waals surface area contributed by atoms with Crippen molar-refractivity contribution in [1.82, 2.24) is 0 Å². The number of carbonyl (C=O) groups is 1. The number of rotatable bonds is 6. The molecule has 1 aromatic carbocycles. The van der Waals surface area contributed by atoms with Crippen molar-refractivity contribution in [3.05, 3.63) is 23.8 Å². The molecule has 8 nitrogen and oxygen atoms in total. The van der Waals surface area contributed by atoms with Gasteiger partial charge in [0.1, 0.15) is 6.61 Å². The standard InChI is InChI=1S/C11H15NO7S2/c1-18-3-4-19-11(13)8-5-9(20(2,14)15)7-10(6-8)21(12,16)17/h5-7H,3-4H2,1-2H3,(H2,12,16,17). The lowest BCUT2D eigenvalue weighted by Gasteiger charge is -2.08. The molecule has 1 rings (SSSR count). The van der Waals surface area contributed by atoms with Gasteiger partial charge in [-0.3, -0.25) is 0 Å². The highest BCUT2D eigenvalue weighted by Gasteiger charge is 2.19. The first-order valence-corrected chi connectivity index (χ1v) is 9.03. The molecule has 0 fully saturated rings. The molecule has 118 valence electrons. The van der Waals surface area contributed by atoms with Crippen molar-refractivity contribution in [1.29, 1.82) is 0 Å². The van der Waals surface area contributed by atoms with Crippen LogP contribution in [0.5, 0.6) is 0 Å². The Morgan fingerprint density at radius 2 is 1.67 bits per heavy atom. The van der Waals surface area contributed by atoms with Crippen LogP contribution in [0.2, 0.25) is 0 Å². The van der Waals surface area contributed by atoms with E-state index in [9.17, 15) is 21.6 Å². The first-order chi connectivity index (χ1) is 9.55. The van der Waals surface area contributed by atoms with Crippen molar-refractivity contribution in [2.45, 2.75) is 9.79 Å². The maximum absolute atomic E-state index is 11.8. The Balaban J connectivity index is 3.30. The van der Waals surface area contributed by atoms with Crippen molar-refractivity contribution in [2.75, 3.05) is 26.6 Å². The Morgan fingerprint density at radius 1 is 1.10 bits per heavy atom. The second kappa shape index (κ2) is 6.52. The van der Waals surface area contributed by atoms with Gasteiger partial charge in [-0.15, -0.1) is 0 Å². The third kappa shape index (κ3) is 5.08. The fourth-order valence-corrected chi connectivity index (χ4v) is 2.71. The Labute approximate surface area is 122 Å². The number of esters is 1. The molecule has 0 amide bonds. The van der Waals surface area contributed by atoms with E-state index < -0.39 is 30.7 Å². The Bertz CT molecular complexity index is 688. The number of hydrogen-bond donors (Lipinski definition) is 1. The van der Waals surface area contributed by atoms with E-state index >= 15 is 0 Å². The Hall–Kier alpha value is -1.49. The lowest BCUT2D eigenvalue weighted by molar-refractivity contribution is 0.0387. The molecule has 0 saturated heterocycles. The fourth-order valence-electron chi connectivity index (χ4n) is 1.37. The number of ether oxygens (including phenoxy) is 2. The summed E-state index contributed by atoms with van der Waals surface area (Å²) in [6, 6.07) is 2.87. The van der Waals surface area contributed by atoms with E-state index in [1.165, 1.54) is 7.11 Å². The largest absolute Gasteiger partial charge is 0.460 e. The summed E-state index contributed by atoms with van der Waals surface area (Å²) in [5.41, 5.74) is -0.224. The van der Waals surface area contributed by atoms with E-state index in [1.54, 1.807) is 0 Å². The molecule has 0 aromatic heterocycles. The monoisotopic (exact) mass is 337 g/mol. The van der Waals surface area contributed by atoms with Gasteiger partial charge < -0.3 is 9.47 Å². The molecule has 0 aliphatic carbocycles. The van der Waals surface area contributed by atoms with Crippen LogP contribution < -0.4 is 5.14 Å². The van der Waals surface area contributed by atoms with E-state index in [4.69, 9.17) is 14.6 Å². The predicted molar refractivity (Wildman–Crippen MR) is 73.1 cm³/mol. The van der Waals surface area contributed by atoms with Gasteiger partial charge in [0.15, 0.2) is 9.84 Å². The van der Waals surface area contributed by atoms with Crippen molar-refractivity contribution in [3.8, 4) is 0 Å². The third-order valence-corrected chi connectivity index (χ3v) is 4.38. The summed E-state index contributed by atoms with van der Waals surface area (Å²) in [4.78, 5) is 10.9. The zero-order chi connectivity index (χ0) is 16.3. The molecule has 0 radical (unpaired) electrons. The Kier molecular flexibility index (Phi) is 5.45. The Morgan fingerprint density at radius 3 is 2.14 bits per heavy atom. The molecule has 0 bridgehead atoms. The van der Waals surface area contributed by atoms with Gasteiger partial charge in [0.25, 0.3) is 0 Å². The molecular weight excluding hydrogens is 322 g/mol. The highest BCUT2D eigenvalue weighted by Crippen LogP contribution is 2.19. The average Bonchev–Trinajstić information content (AvgIpc) is 2.36. The van der Waals surface area contributed by atoms with Crippen molar-refractivity contribution in [3.63, 3.8) is 0 Å². The number of nitrogens with two attached hydrogens (primary N) is 1. The molecule has 21 heavy (non-hydrogen) atoms. The highest BCUT2D eigenvalue weighted by molar-refractivity contribution is 7.91. The zero-order valence-electron chi connectivity index (χ0n) is 11.4. The van der Waals surface area contributed by atoms with Gasteiger partial charge >= 0.3 is 5.97 Å². The SMILES string of the molecule is COCCOC(=O)c1cc(S(C)(=O)=O)cc(S(N)(=O)=O)c1. The van der Waals surface area contributed by atoms with Crippen molar-refractivity contribution in [2.24, 2.45) is 5.14 Å². The molecule has 0 saturated carbocycles. The molecule has 0 unspecified atom stereocenters.